The SMILES string of the molecule is O=C(CCc1nnc2ccc(Cl)nn12)N[C@H](C(=O)O)c1ccccc1. The monoisotopic (exact) mass is 359 g/mol. The lowest BCUT2D eigenvalue weighted by Crippen LogP contribution is -2.33. The van der Waals surface area contributed by atoms with Gasteiger partial charge in [-0.2, -0.15) is 9.61 Å². The number of carbonyl (C=O) groups excluding carboxylic acids is 1. The number of carbonyl (C=O) groups is 2. The molecule has 1 amide bonds. The quantitative estimate of drug-likeness (QED) is 0.692. The van der Waals surface area contributed by atoms with Crippen molar-refractivity contribution in [2.24, 2.45) is 0 Å². The van der Waals surface area contributed by atoms with Crippen molar-refractivity contribution in [3.05, 3.63) is 59.0 Å². The second kappa shape index (κ2) is 7.27. The van der Waals surface area contributed by atoms with Crippen LogP contribution in [0.4, 0.5) is 0 Å². The molecule has 25 heavy (non-hydrogen) atoms. The first-order valence-corrected chi connectivity index (χ1v) is 7.86. The molecule has 0 saturated heterocycles. The van der Waals surface area contributed by atoms with Crippen molar-refractivity contribution in [2.45, 2.75) is 18.9 Å². The number of halogens is 1. The van der Waals surface area contributed by atoms with E-state index in [-0.39, 0.29) is 18.0 Å². The van der Waals surface area contributed by atoms with Crippen LogP contribution in [0.1, 0.15) is 23.9 Å². The Morgan fingerprint density at radius 3 is 2.64 bits per heavy atom. The molecule has 1 atom stereocenters. The van der Waals surface area contributed by atoms with E-state index in [9.17, 15) is 14.7 Å². The van der Waals surface area contributed by atoms with Gasteiger partial charge in [0.25, 0.3) is 0 Å². The Balaban J connectivity index is 1.67. The van der Waals surface area contributed by atoms with E-state index in [4.69, 9.17) is 11.6 Å². The molecular weight excluding hydrogens is 346 g/mol. The van der Waals surface area contributed by atoms with Gasteiger partial charge in [-0.25, -0.2) is 4.79 Å². The van der Waals surface area contributed by atoms with Crippen LogP contribution in [-0.4, -0.2) is 36.8 Å². The fourth-order valence-corrected chi connectivity index (χ4v) is 2.50. The largest absolute Gasteiger partial charge is 0.479 e. The highest BCUT2D eigenvalue weighted by molar-refractivity contribution is 6.29. The van der Waals surface area contributed by atoms with Gasteiger partial charge < -0.3 is 10.4 Å². The molecule has 0 radical (unpaired) electrons. The lowest BCUT2D eigenvalue weighted by Gasteiger charge is -2.14. The van der Waals surface area contributed by atoms with Gasteiger partial charge in [-0.1, -0.05) is 41.9 Å². The molecule has 0 bridgehead atoms. The fourth-order valence-electron chi connectivity index (χ4n) is 2.36. The summed E-state index contributed by atoms with van der Waals surface area (Å²) in [4.78, 5) is 23.6. The van der Waals surface area contributed by atoms with E-state index in [0.29, 0.717) is 17.0 Å². The van der Waals surface area contributed by atoms with E-state index < -0.39 is 17.9 Å². The molecule has 1 aromatic carbocycles. The van der Waals surface area contributed by atoms with E-state index in [1.165, 1.54) is 4.52 Å². The average molecular weight is 360 g/mol. The number of nitrogens with zero attached hydrogens (tertiary/aromatic N) is 4. The minimum Gasteiger partial charge on any atom is -0.479 e. The van der Waals surface area contributed by atoms with Crippen molar-refractivity contribution < 1.29 is 14.7 Å². The van der Waals surface area contributed by atoms with Gasteiger partial charge in [-0.05, 0) is 17.7 Å². The molecule has 3 rings (SSSR count). The van der Waals surface area contributed by atoms with Crippen LogP contribution in [0, 0.1) is 0 Å². The summed E-state index contributed by atoms with van der Waals surface area (Å²) >= 11 is 5.85. The number of carboxylic acid groups (broad SMARTS) is 1. The van der Waals surface area contributed by atoms with Crippen LogP contribution in [-0.2, 0) is 16.0 Å². The van der Waals surface area contributed by atoms with Crippen LogP contribution < -0.4 is 5.32 Å². The lowest BCUT2D eigenvalue weighted by atomic mass is 10.1. The van der Waals surface area contributed by atoms with Gasteiger partial charge >= 0.3 is 5.97 Å². The maximum Gasteiger partial charge on any atom is 0.330 e. The van der Waals surface area contributed by atoms with E-state index in [0.717, 1.165) is 0 Å². The van der Waals surface area contributed by atoms with Crippen molar-refractivity contribution in [3.8, 4) is 0 Å². The number of aromatic nitrogens is 4. The van der Waals surface area contributed by atoms with Crippen molar-refractivity contribution in [1.29, 1.82) is 0 Å². The zero-order valence-corrected chi connectivity index (χ0v) is 13.7. The highest BCUT2D eigenvalue weighted by Crippen LogP contribution is 2.13. The molecule has 2 heterocycles. The van der Waals surface area contributed by atoms with Crippen LogP contribution in [0.3, 0.4) is 0 Å². The summed E-state index contributed by atoms with van der Waals surface area (Å²) in [5.74, 6) is -1.06. The first-order chi connectivity index (χ1) is 12.0. The van der Waals surface area contributed by atoms with Crippen LogP contribution >= 0.6 is 11.6 Å². The zero-order chi connectivity index (χ0) is 17.8. The van der Waals surface area contributed by atoms with Crippen LogP contribution in [0.5, 0.6) is 0 Å². The van der Waals surface area contributed by atoms with Crippen LogP contribution in [0.25, 0.3) is 5.65 Å². The number of aliphatic carboxylic acids is 1. The summed E-state index contributed by atoms with van der Waals surface area (Å²) in [6, 6.07) is 10.7. The fraction of sp³-hybridized carbons (Fsp3) is 0.188. The Morgan fingerprint density at radius 2 is 1.92 bits per heavy atom. The smallest absolute Gasteiger partial charge is 0.330 e. The van der Waals surface area contributed by atoms with Crippen LogP contribution in [0.2, 0.25) is 5.15 Å². The molecule has 0 unspecified atom stereocenters. The minimum absolute atomic E-state index is 0.0472. The summed E-state index contributed by atoms with van der Waals surface area (Å²) < 4.78 is 1.46. The molecular formula is C16H14ClN5O3. The van der Waals surface area contributed by atoms with Gasteiger partial charge in [0, 0.05) is 12.8 Å². The molecule has 9 heteroatoms. The standard InChI is InChI=1S/C16H14ClN5O3/c17-11-6-7-12-19-20-13(22(12)21-11)8-9-14(23)18-15(16(24)25)10-4-2-1-3-5-10/h1-7,15H,8-9H2,(H,18,23)(H,24,25)/t15-/m0/s1. The number of amides is 1. The van der Waals surface area contributed by atoms with Gasteiger partial charge in [-0.15, -0.1) is 10.2 Å². The number of fused-ring (bicyclic) bond motifs is 1. The van der Waals surface area contributed by atoms with E-state index in [2.05, 4.69) is 20.6 Å². The van der Waals surface area contributed by atoms with Gasteiger partial charge in [0.2, 0.25) is 5.91 Å². The predicted molar refractivity (Wildman–Crippen MR) is 89.1 cm³/mol. The third-order valence-corrected chi connectivity index (χ3v) is 3.76. The number of benzene rings is 1. The minimum atomic E-state index is -1.12. The van der Waals surface area contributed by atoms with Gasteiger partial charge in [0.1, 0.15) is 5.15 Å². The molecule has 0 fully saturated rings. The van der Waals surface area contributed by atoms with Crippen LogP contribution in [0.15, 0.2) is 42.5 Å². The van der Waals surface area contributed by atoms with Gasteiger partial charge in [0.05, 0.1) is 0 Å². The number of aryl methyl sites for hydroxylation is 1. The molecule has 128 valence electrons. The molecule has 0 aliphatic carbocycles. The zero-order valence-electron chi connectivity index (χ0n) is 13.0. The van der Waals surface area contributed by atoms with E-state index in [1.54, 1.807) is 42.5 Å². The third kappa shape index (κ3) is 3.92. The van der Waals surface area contributed by atoms with E-state index >= 15 is 0 Å². The number of hydrogen-bond acceptors (Lipinski definition) is 5. The Kier molecular flexibility index (Phi) is 4.90. The highest BCUT2D eigenvalue weighted by atomic mass is 35.5. The Bertz CT molecular complexity index is 913. The average Bonchev–Trinajstić information content (AvgIpc) is 3.00. The molecule has 8 nitrogen and oxygen atoms in total. The Labute approximate surface area is 147 Å². The molecule has 3 aromatic rings. The normalized spacial score (nSPS) is 12.0. The first kappa shape index (κ1) is 16.8. The second-order valence-corrected chi connectivity index (χ2v) is 5.68. The van der Waals surface area contributed by atoms with Crippen molar-refractivity contribution >= 4 is 29.1 Å². The highest BCUT2D eigenvalue weighted by Gasteiger charge is 2.22. The molecule has 0 aliphatic rings. The van der Waals surface area contributed by atoms with E-state index in [1.807, 2.05) is 0 Å². The summed E-state index contributed by atoms with van der Waals surface area (Å²) in [5, 5.41) is 24.1. The molecule has 0 spiro atoms. The number of hydrogen-bond donors (Lipinski definition) is 2. The summed E-state index contributed by atoms with van der Waals surface area (Å²) in [6.45, 7) is 0. The van der Waals surface area contributed by atoms with Crippen molar-refractivity contribution in [1.82, 2.24) is 25.1 Å². The van der Waals surface area contributed by atoms with Gasteiger partial charge in [0.15, 0.2) is 17.5 Å². The number of rotatable bonds is 6. The molecule has 0 aliphatic heterocycles. The van der Waals surface area contributed by atoms with Crippen molar-refractivity contribution in [2.75, 3.05) is 0 Å². The molecule has 2 N–H and O–H groups in total. The first-order valence-electron chi connectivity index (χ1n) is 7.48. The number of nitrogens with one attached hydrogen (secondary N) is 1. The predicted octanol–water partition coefficient (Wildman–Crippen LogP) is 1.65. The molecule has 0 saturated carbocycles. The summed E-state index contributed by atoms with van der Waals surface area (Å²) in [6.07, 6.45) is 0.299. The summed E-state index contributed by atoms with van der Waals surface area (Å²) in [7, 11) is 0. The number of carboxylic acids is 1. The Hall–Kier alpha value is -3.00. The van der Waals surface area contributed by atoms with Crippen molar-refractivity contribution in [3.63, 3.8) is 0 Å². The maximum absolute atomic E-state index is 12.2. The second-order valence-electron chi connectivity index (χ2n) is 5.29. The maximum atomic E-state index is 12.2. The lowest BCUT2D eigenvalue weighted by molar-refractivity contribution is -0.142. The third-order valence-electron chi connectivity index (χ3n) is 3.56. The molecule has 2 aromatic heterocycles. The Morgan fingerprint density at radius 1 is 1.16 bits per heavy atom. The van der Waals surface area contributed by atoms with Gasteiger partial charge in [-0.3, -0.25) is 4.79 Å². The summed E-state index contributed by atoms with van der Waals surface area (Å²) in [5.41, 5.74) is 1.03. The topological polar surface area (TPSA) is 109 Å².